The van der Waals surface area contributed by atoms with Crippen LogP contribution in [0.5, 0.6) is 0 Å². The van der Waals surface area contributed by atoms with E-state index in [1.54, 1.807) is 6.07 Å². The van der Waals surface area contributed by atoms with Gasteiger partial charge in [-0.2, -0.15) is 0 Å². The molecule has 1 fully saturated rings. The number of hydrogen-bond acceptors (Lipinski definition) is 5. The van der Waals surface area contributed by atoms with Crippen LogP contribution in [0.4, 0.5) is 26.2 Å². The molecule has 0 aromatic heterocycles. The van der Waals surface area contributed by atoms with Gasteiger partial charge in [0, 0.05) is 44.0 Å². The molecule has 1 aliphatic heterocycles. The van der Waals surface area contributed by atoms with Gasteiger partial charge >= 0.3 is 6.03 Å². The first-order valence-corrected chi connectivity index (χ1v) is 8.96. The van der Waals surface area contributed by atoms with Gasteiger partial charge < -0.3 is 20.9 Å². The first-order valence-electron chi connectivity index (χ1n) is 8.96. The zero-order chi connectivity index (χ0) is 21.0. The normalized spacial score (nSPS) is 15.7. The SMILES string of the molecule is CNC(=O)c1cc([N+](=O)[O-])ccc1N1CCC(NC(=O)Nc2ccc(F)cc2)C1. The molecule has 0 bridgehead atoms. The maximum absolute atomic E-state index is 12.9. The Morgan fingerprint density at radius 2 is 1.93 bits per heavy atom. The Hall–Kier alpha value is -3.69. The average molecular weight is 401 g/mol. The summed E-state index contributed by atoms with van der Waals surface area (Å²) in [6.45, 7) is 1.02. The zero-order valence-corrected chi connectivity index (χ0v) is 15.6. The summed E-state index contributed by atoms with van der Waals surface area (Å²) < 4.78 is 12.9. The minimum Gasteiger partial charge on any atom is -0.369 e. The van der Waals surface area contributed by atoms with E-state index in [-0.39, 0.29) is 17.3 Å². The molecule has 10 heteroatoms. The predicted octanol–water partition coefficient (Wildman–Crippen LogP) is 2.49. The molecule has 2 aromatic rings. The number of benzene rings is 2. The van der Waals surface area contributed by atoms with Crippen molar-refractivity contribution in [1.29, 1.82) is 0 Å². The van der Waals surface area contributed by atoms with E-state index < -0.39 is 22.7 Å². The minimum atomic E-state index is -0.551. The smallest absolute Gasteiger partial charge is 0.319 e. The highest BCUT2D eigenvalue weighted by Crippen LogP contribution is 2.28. The first kappa shape index (κ1) is 20.1. The third-order valence-electron chi connectivity index (χ3n) is 4.63. The highest BCUT2D eigenvalue weighted by Gasteiger charge is 2.28. The molecule has 0 saturated carbocycles. The Kier molecular flexibility index (Phi) is 5.91. The van der Waals surface area contributed by atoms with Gasteiger partial charge in [0.05, 0.1) is 16.2 Å². The summed E-state index contributed by atoms with van der Waals surface area (Å²) in [5, 5.41) is 19.0. The lowest BCUT2D eigenvalue weighted by Crippen LogP contribution is -2.40. The van der Waals surface area contributed by atoms with Crippen molar-refractivity contribution in [3.8, 4) is 0 Å². The summed E-state index contributed by atoms with van der Waals surface area (Å²) in [6.07, 6.45) is 0.640. The molecule has 0 radical (unpaired) electrons. The number of anilines is 2. The fourth-order valence-electron chi connectivity index (χ4n) is 3.21. The molecule has 1 saturated heterocycles. The second-order valence-electron chi connectivity index (χ2n) is 6.57. The van der Waals surface area contributed by atoms with Crippen molar-refractivity contribution in [1.82, 2.24) is 10.6 Å². The Labute approximate surface area is 166 Å². The maximum atomic E-state index is 12.9. The molecule has 3 amide bonds. The molecular weight excluding hydrogens is 381 g/mol. The summed E-state index contributed by atoms with van der Waals surface area (Å²) in [4.78, 5) is 36.7. The van der Waals surface area contributed by atoms with Crippen LogP contribution < -0.4 is 20.9 Å². The molecule has 29 heavy (non-hydrogen) atoms. The number of urea groups is 1. The number of rotatable bonds is 5. The topological polar surface area (TPSA) is 117 Å². The van der Waals surface area contributed by atoms with Crippen molar-refractivity contribution in [2.24, 2.45) is 0 Å². The second-order valence-corrected chi connectivity index (χ2v) is 6.57. The molecule has 1 heterocycles. The van der Waals surface area contributed by atoms with E-state index in [1.807, 2.05) is 4.90 Å². The van der Waals surface area contributed by atoms with Gasteiger partial charge in [0.25, 0.3) is 11.6 Å². The summed E-state index contributed by atoms with van der Waals surface area (Å²) in [5.74, 6) is -0.813. The Bertz CT molecular complexity index is 935. The van der Waals surface area contributed by atoms with Crippen molar-refractivity contribution in [2.75, 3.05) is 30.4 Å². The number of nitrogens with zero attached hydrogens (tertiary/aromatic N) is 2. The van der Waals surface area contributed by atoms with E-state index in [0.717, 1.165) is 0 Å². The van der Waals surface area contributed by atoms with E-state index in [2.05, 4.69) is 16.0 Å². The summed E-state index contributed by atoms with van der Waals surface area (Å²) in [5.41, 5.74) is 1.08. The van der Waals surface area contributed by atoms with Crippen molar-refractivity contribution in [2.45, 2.75) is 12.5 Å². The number of nitrogens with one attached hydrogen (secondary N) is 3. The number of carbonyl (C=O) groups is 2. The van der Waals surface area contributed by atoms with Gasteiger partial charge in [-0.1, -0.05) is 0 Å². The summed E-state index contributed by atoms with van der Waals surface area (Å²) in [6, 6.07) is 8.97. The molecule has 1 aliphatic rings. The number of nitro benzene ring substituents is 1. The number of hydrogen-bond donors (Lipinski definition) is 3. The van der Waals surface area contributed by atoms with Crippen LogP contribution in [-0.2, 0) is 0 Å². The van der Waals surface area contributed by atoms with Gasteiger partial charge in [0.1, 0.15) is 5.82 Å². The van der Waals surface area contributed by atoms with Crippen molar-refractivity contribution in [3.05, 3.63) is 64.0 Å². The molecule has 2 aromatic carbocycles. The third-order valence-corrected chi connectivity index (χ3v) is 4.63. The van der Waals surface area contributed by atoms with Gasteiger partial charge in [0.15, 0.2) is 0 Å². The quantitative estimate of drug-likeness (QED) is 0.526. The van der Waals surface area contributed by atoms with E-state index in [0.29, 0.717) is 30.9 Å². The van der Waals surface area contributed by atoms with Crippen molar-refractivity contribution in [3.63, 3.8) is 0 Å². The van der Waals surface area contributed by atoms with Gasteiger partial charge in [0.2, 0.25) is 0 Å². The maximum Gasteiger partial charge on any atom is 0.319 e. The molecule has 1 atom stereocenters. The van der Waals surface area contributed by atoms with Gasteiger partial charge in [-0.3, -0.25) is 14.9 Å². The van der Waals surface area contributed by atoms with Crippen LogP contribution in [0.1, 0.15) is 16.8 Å². The highest BCUT2D eigenvalue weighted by molar-refractivity contribution is 6.00. The van der Waals surface area contributed by atoms with E-state index in [9.17, 15) is 24.1 Å². The summed E-state index contributed by atoms with van der Waals surface area (Å²) in [7, 11) is 1.46. The largest absolute Gasteiger partial charge is 0.369 e. The van der Waals surface area contributed by atoms with Crippen LogP contribution in [-0.4, -0.2) is 43.0 Å². The summed E-state index contributed by atoms with van der Waals surface area (Å²) >= 11 is 0. The van der Waals surface area contributed by atoms with Crippen molar-refractivity contribution < 1.29 is 18.9 Å². The molecule has 9 nitrogen and oxygen atoms in total. The van der Waals surface area contributed by atoms with E-state index in [4.69, 9.17) is 0 Å². The number of nitro groups is 1. The van der Waals surface area contributed by atoms with E-state index >= 15 is 0 Å². The van der Waals surface area contributed by atoms with Gasteiger partial charge in [-0.05, 0) is 36.8 Å². The first-order chi connectivity index (χ1) is 13.9. The Morgan fingerprint density at radius 1 is 1.21 bits per heavy atom. The van der Waals surface area contributed by atoms with Crippen LogP contribution in [0, 0.1) is 15.9 Å². The van der Waals surface area contributed by atoms with Crippen molar-refractivity contribution >= 4 is 29.0 Å². The van der Waals surface area contributed by atoms with Crippen LogP contribution in [0.25, 0.3) is 0 Å². The minimum absolute atomic E-state index is 0.167. The zero-order valence-electron chi connectivity index (χ0n) is 15.6. The fourth-order valence-corrected chi connectivity index (χ4v) is 3.21. The van der Waals surface area contributed by atoms with Crippen LogP contribution in [0.3, 0.4) is 0 Å². The molecule has 152 valence electrons. The standard InChI is InChI=1S/C19H20FN5O4/c1-21-18(26)16-10-15(25(28)29)6-7-17(16)24-9-8-14(11-24)23-19(27)22-13-4-2-12(20)3-5-13/h2-7,10,14H,8-9,11H2,1H3,(H,21,26)(H2,22,23,27). The lowest BCUT2D eigenvalue weighted by molar-refractivity contribution is -0.384. The third kappa shape index (κ3) is 4.78. The molecule has 3 N–H and O–H groups in total. The fraction of sp³-hybridized carbons (Fsp3) is 0.263. The highest BCUT2D eigenvalue weighted by atomic mass is 19.1. The predicted molar refractivity (Wildman–Crippen MR) is 106 cm³/mol. The number of amides is 3. The molecule has 0 aliphatic carbocycles. The monoisotopic (exact) mass is 401 g/mol. The van der Waals surface area contributed by atoms with Crippen LogP contribution in [0.2, 0.25) is 0 Å². The van der Waals surface area contributed by atoms with Crippen LogP contribution >= 0.6 is 0 Å². The van der Waals surface area contributed by atoms with Gasteiger partial charge in [-0.15, -0.1) is 0 Å². The van der Waals surface area contributed by atoms with Crippen LogP contribution in [0.15, 0.2) is 42.5 Å². The Balaban J connectivity index is 1.67. The number of non-ortho nitro benzene ring substituents is 1. The molecule has 3 rings (SSSR count). The molecule has 1 unspecified atom stereocenters. The number of halogens is 1. The van der Waals surface area contributed by atoms with E-state index in [1.165, 1.54) is 43.4 Å². The molecular formula is C19H20FN5O4. The number of carbonyl (C=O) groups excluding carboxylic acids is 2. The van der Waals surface area contributed by atoms with Gasteiger partial charge in [-0.25, -0.2) is 9.18 Å². The lowest BCUT2D eigenvalue weighted by Gasteiger charge is -2.21. The molecule has 0 spiro atoms. The second kappa shape index (κ2) is 8.55. The Morgan fingerprint density at radius 3 is 2.59 bits per heavy atom. The lowest BCUT2D eigenvalue weighted by atomic mass is 10.1. The average Bonchev–Trinajstić information content (AvgIpc) is 3.16.